The van der Waals surface area contributed by atoms with Crippen LogP contribution in [0.1, 0.15) is 44.1 Å². The molecule has 1 unspecified atom stereocenters. The molecule has 4 rings (SSSR count). The van der Waals surface area contributed by atoms with Gasteiger partial charge in [-0.05, 0) is 62.8 Å². The summed E-state index contributed by atoms with van der Waals surface area (Å²) in [6, 6.07) is 4.18. The Morgan fingerprint density at radius 2 is 1.91 bits per heavy atom. The largest absolute Gasteiger partial charge is 0.454 e. The zero-order valence-electron chi connectivity index (χ0n) is 13.5. The molecule has 23 heavy (non-hydrogen) atoms. The predicted octanol–water partition coefficient (Wildman–Crippen LogP) is 4.69. The number of hydrogen-bond acceptors (Lipinski definition) is 3. The van der Waals surface area contributed by atoms with E-state index in [9.17, 15) is 0 Å². The average Bonchev–Trinajstić information content (AvgIpc) is 3.02. The van der Waals surface area contributed by atoms with Crippen molar-refractivity contribution in [1.82, 2.24) is 4.90 Å². The molecule has 3 nitrogen and oxygen atoms in total. The van der Waals surface area contributed by atoms with Crippen molar-refractivity contribution in [2.75, 3.05) is 19.9 Å². The Bertz CT molecular complexity index is 616. The quantitative estimate of drug-likeness (QED) is 0.713. The van der Waals surface area contributed by atoms with E-state index in [1.54, 1.807) is 0 Å². The summed E-state index contributed by atoms with van der Waals surface area (Å²) in [4.78, 5) is 2.73. The maximum absolute atomic E-state index is 5.53. The molecule has 1 saturated heterocycles. The Hall–Kier alpha value is -1.00. The Morgan fingerprint density at radius 1 is 1.09 bits per heavy atom. The van der Waals surface area contributed by atoms with Gasteiger partial charge in [0, 0.05) is 16.6 Å². The number of rotatable bonds is 3. The van der Waals surface area contributed by atoms with Gasteiger partial charge in [-0.25, -0.2) is 0 Å². The molecule has 0 aromatic heterocycles. The van der Waals surface area contributed by atoms with Crippen LogP contribution in [-0.2, 0) is 6.42 Å². The lowest BCUT2D eigenvalue weighted by Gasteiger charge is -2.47. The molecule has 1 aromatic rings. The lowest BCUT2D eigenvalue weighted by molar-refractivity contribution is 0.0739. The summed E-state index contributed by atoms with van der Waals surface area (Å²) >= 11 is 3.69. The molecule has 0 bridgehead atoms. The zero-order chi connectivity index (χ0) is 15.7. The average molecular weight is 378 g/mol. The van der Waals surface area contributed by atoms with Crippen LogP contribution < -0.4 is 9.47 Å². The normalized spacial score (nSPS) is 26.8. The van der Waals surface area contributed by atoms with Gasteiger partial charge in [0.1, 0.15) is 0 Å². The molecule has 1 atom stereocenters. The van der Waals surface area contributed by atoms with Crippen molar-refractivity contribution in [3.63, 3.8) is 0 Å². The van der Waals surface area contributed by atoms with Crippen LogP contribution in [0.4, 0.5) is 0 Å². The molecule has 4 heteroatoms. The third kappa shape index (κ3) is 3.03. The van der Waals surface area contributed by atoms with Gasteiger partial charge in [-0.15, -0.1) is 0 Å². The van der Waals surface area contributed by atoms with Crippen LogP contribution in [-0.4, -0.2) is 30.3 Å². The first-order valence-corrected chi connectivity index (χ1v) is 9.57. The standard InChI is InChI=1S/C19H24BrNO2/c20-16-13-18-17(22-14-23-18)12-15(16)6-11-21-10-5-4-9-19(21)7-2-1-3-8-19/h2,7,12-13H,1,3-6,8-11,14H2. The molecular formula is C19H24BrNO2. The fourth-order valence-corrected chi connectivity index (χ4v) is 4.76. The number of hydrogen-bond donors (Lipinski definition) is 0. The summed E-state index contributed by atoms with van der Waals surface area (Å²) < 4.78 is 12.1. The van der Waals surface area contributed by atoms with Crippen molar-refractivity contribution < 1.29 is 9.47 Å². The molecule has 1 fully saturated rings. The molecule has 0 N–H and O–H groups in total. The number of fused-ring (bicyclic) bond motifs is 1. The van der Waals surface area contributed by atoms with Crippen LogP contribution in [0.3, 0.4) is 0 Å². The molecule has 3 aliphatic rings. The second kappa shape index (κ2) is 6.48. The van der Waals surface area contributed by atoms with Crippen LogP contribution >= 0.6 is 15.9 Å². The summed E-state index contributed by atoms with van der Waals surface area (Å²) in [6.45, 7) is 2.68. The van der Waals surface area contributed by atoms with E-state index in [2.05, 4.69) is 39.0 Å². The number of nitrogens with zero attached hydrogens (tertiary/aromatic N) is 1. The number of benzene rings is 1. The SMILES string of the molecule is Brc1cc2c(cc1CCN1CCCCC13C=CCCC3)OCO2. The van der Waals surface area contributed by atoms with Crippen molar-refractivity contribution in [2.45, 2.75) is 50.5 Å². The minimum Gasteiger partial charge on any atom is -0.454 e. The minimum atomic E-state index is 0.333. The molecule has 2 heterocycles. The van der Waals surface area contributed by atoms with E-state index in [1.807, 2.05) is 6.07 Å². The van der Waals surface area contributed by atoms with Gasteiger partial charge in [-0.2, -0.15) is 0 Å². The summed E-state index contributed by atoms with van der Waals surface area (Å²) in [5.74, 6) is 1.74. The van der Waals surface area contributed by atoms with Gasteiger partial charge in [0.15, 0.2) is 11.5 Å². The van der Waals surface area contributed by atoms with Crippen molar-refractivity contribution in [3.05, 3.63) is 34.3 Å². The van der Waals surface area contributed by atoms with E-state index < -0.39 is 0 Å². The first-order valence-electron chi connectivity index (χ1n) is 8.78. The number of halogens is 1. The highest BCUT2D eigenvalue weighted by molar-refractivity contribution is 9.10. The van der Waals surface area contributed by atoms with Crippen LogP contribution in [0.15, 0.2) is 28.8 Å². The van der Waals surface area contributed by atoms with Gasteiger partial charge >= 0.3 is 0 Å². The summed E-state index contributed by atoms with van der Waals surface area (Å²) in [5, 5.41) is 0. The van der Waals surface area contributed by atoms with E-state index >= 15 is 0 Å². The predicted molar refractivity (Wildman–Crippen MR) is 95.1 cm³/mol. The Labute approximate surface area is 146 Å². The third-order valence-electron chi connectivity index (χ3n) is 5.52. The van der Waals surface area contributed by atoms with Gasteiger partial charge < -0.3 is 9.47 Å². The van der Waals surface area contributed by atoms with Gasteiger partial charge in [-0.1, -0.05) is 34.5 Å². The van der Waals surface area contributed by atoms with E-state index in [4.69, 9.17) is 9.47 Å². The first kappa shape index (κ1) is 15.5. The first-order chi connectivity index (χ1) is 11.3. The second-order valence-electron chi connectivity index (χ2n) is 6.89. The molecule has 1 aromatic carbocycles. The lowest BCUT2D eigenvalue weighted by atomic mass is 9.79. The highest BCUT2D eigenvalue weighted by Gasteiger charge is 2.36. The number of allylic oxidation sites excluding steroid dienone is 1. The number of ether oxygens (including phenoxy) is 2. The molecule has 0 amide bonds. The van der Waals surface area contributed by atoms with Gasteiger partial charge in [0.2, 0.25) is 6.79 Å². The van der Waals surface area contributed by atoms with Crippen LogP contribution in [0, 0.1) is 0 Å². The van der Waals surface area contributed by atoms with Crippen molar-refractivity contribution in [1.29, 1.82) is 0 Å². The fraction of sp³-hybridized carbons (Fsp3) is 0.579. The second-order valence-corrected chi connectivity index (χ2v) is 7.74. The molecule has 1 aliphatic carbocycles. The highest BCUT2D eigenvalue weighted by atomic mass is 79.9. The van der Waals surface area contributed by atoms with Crippen LogP contribution in [0.5, 0.6) is 11.5 Å². The monoisotopic (exact) mass is 377 g/mol. The van der Waals surface area contributed by atoms with Gasteiger partial charge in [0.05, 0.1) is 0 Å². The molecule has 0 radical (unpaired) electrons. The van der Waals surface area contributed by atoms with Crippen LogP contribution in [0.25, 0.3) is 0 Å². The fourth-order valence-electron chi connectivity index (χ4n) is 4.24. The topological polar surface area (TPSA) is 21.7 Å². The minimum absolute atomic E-state index is 0.333. The lowest BCUT2D eigenvalue weighted by Crippen LogP contribution is -2.51. The molecule has 124 valence electrons. The maximum Gasteiger partial charge on any atom is 0.231 e. The molecule has 0 saturated carbocycles. The van der Waals surface area contributed by atoms with Crippen molar-refractivity contribution >= 4 is 15.9 Å². The summed E-state index contributed by atoms with van der Waals surface area (Å²) in [6.07, 6.45) is 13.9. The van der Waals surface area contributed by atoms with Crippen molar-refractivity contribution in [3.8, 4) is 11.5 Å². The zero-order valence-corrected chi connectivity index (χ0v) is 15.1. The summed E-state index contributed by atoms with van der Waals surface area (Å²) in [5.41, 5.74) is 1.65. The highest BCUT2D eigenvalue weighted by Crippen LogP contribution is 2.39. The Balaban J connectivity index is 1.49. The molecule has 2 aliphatic heterocycles. The molecule has 1 spiro atoms. The maximum atomic E-state index is 5.53. The van der Waals surface area contributed by atoms with E-state index in [0.29, 0.717) is 12.3 Å². The third-order valence-corrected chi connectivity index (χ3v) is 6.26. The number of likely N-dealkylation sites (tertiary alicyclic amines) is 1. The van der Waals surface area contributed by atoms with Crippen LogP contribution in [0.2, 0.25) is 0 Å². The van der Waals surface area contributed by atoms with Gasteiger partial charge in [0.25, 0.3) is 0 Å². The molecular weight excluding hydrogens is 354 g/mol. The summed E-state index contributed by atoms with van der Waals surface area (Å²) in [7, 11) is 0. The van der Waals surface area contributed by atoms with E-state index in [-0.39, 0.29) is 0 Å². The van der Waals surface area contributed by atoms with Crippen molar-refractivity contribution in [2.24, 2.45) is 0 Å². The van der Waals surface area contributed by atoms with E-state index in [0.717, 1.165) is 28.9 Å². The number of piperidine rings is 1. The smallest absolute Gasteiger partial charge is 0.231 e. The van der Waals surface area contributed by atoms with E-state index in [1.165, 1.54) is 50.6 Å². The van der Waals surface area contributed by atoms with Gasteiger partial charge in [-0.3, -0.25) is 4.90 Å². The Morgan fingerprint density at radius 3 is 2.74 bits per heavy atom. The Kier molecular flexibility index (Phi) is 4.37.